The van der Waals surface area contributed by atoms with Gasteiger partial charge in [0.1, 0.15) is 0 Å². The standard InChI is InChI=1S/C25H24ClN3O3/c1-17(2)23(19-8-4-3-5-9-19)29-32-16-18-12-14-20(15-13-18)27-25(31)28-24(30)21-10-6-7-11-22(21)26/h3-15,29H,16H2,1-2H3,(H2,27,28,30,31). The van der Waals surface area contributed by atoms with Crippen molar-refractivity contribution in [3.05, 3.63) is 106 Å². The van der Waals surface area contributed by atoms with Gasteiger partial charge in [0.2, 0.25) is 0 Å². The molecule has 32 heavy (non-hydrogen) atoms. The maximum absolute atomic E-state index is 12.2. The molecule has 3 rings (SSSR count). The Hall–Kier alpha value is -3.61. The minimum atomic E-state index is -0.642. The molecule has 0 atom stereocenters. The zero-order chi connectivity index (χ0) is 22.9. The van der Waals surface area contributed by atoms with Crippen molar-refractivity contribution in [1.29, 1.82) is 0 Å². The normalized spacial score (nSPS) is 10.2. The molecule has 0 aliphatic carbocycles. The fourth-order valence-electron chi connectivity index (χ4n) is 2.91. The molecular weight excluding hydrogens is 426 g/mol. The van der Waals surface area contributed by atoms with Crippen LogP contribution in [0.4, 0.5) is 10.5 Å². The van der Waals surface area contributed by atoms with Gasteiger partial charge in [-0.2, -0.15) is 0 Å². The number of amides is 3. The minimum absolute atomic E-state index is 0.232. The molecule has 0 aliphatic rings. The van der Waals surface area contributed by atoms with Gasteiger partial charge in [-0.1, -0.05) is 71.8 Å². The summed E-state index contributed by atoms with van der Waals surface area (Å²) in [6, 6.07) is 23.0. The van der Waals surface area contributed by atoms with Crippen molar-refractivity contribution < 1.29 is 14.4 Å². The number of halogens is 1. The van der Waals surface area contributed by atoms with Gasteiger partial charge in [-0.3, -0.25) is 20.4 Å². The van der Waals surface area contributed by atoms with E-state index in [0.717, 1.165) is 22.4 Å². The highest BCUT2D eigenvalue weighted by Crippen LogP contribution is 2.17. The minimum Gasteiger partial charge on any atom is -0.308 e. The molecular formula is C25H24ClN3O3. The number of nitrogens with one attached hydrogen (secondary N) is 3. The number of hydroxylamine groups is 1. The first-order chi connectivity index (χ1) is 15.4. The summed E-state index contributed by atoms with van der Waals surface area (Å²) in [5.41, 5.74) is 7.78. The molecule has 0 spiro atoms. The van der Waals surface area contributed by atoms with Gasteiger partial charge < -0.3 is 5.32 Å². The third-order valence-corrected chi connectivity index (χ3v) is 4.86. The lowest BCUT2D eigenvalue weighted by atomic mass is 10.1. The second kappa shape index (κ2) is 11.1. The van der Waals surface area contributed by atoms with Gasteiger partial charge in [0.05, 0.1) is 22.9 Å². The molecule has 6 nitrogen and oxygen atoms in total. The number of carbonyl (C=O) groups excluding carboxylic acids is 2. The van der Waals surface area contributed by atoms with E-state index >= 15 is 0 Å². The summed E-state index contributed by atoms with van der Waals surface area (Å²) in [6.07, 6.45) is 0. The molecule has 164 valence electrons. The maximum atomic E-state index is 12.2. The van der Waals surface area contributed by atoms with E-state index in [1.807, 2.05) is 56.3 Å². The fourth-order valence-corrected chi connectivity index (χ4v) is 3.13. The Balaban J connectivity index is 1.50. The van der Waals surface area contributed by atoms with Crippen molar-refractivity contribution in [2.24, 2.45) is 0 Å². The van der Waals surface area contributed by atoms with E-state index in [4.69, 9.17) is 16.4 Å². The molecule has 3 amide bonds. The lowest BCUT2D eigenvalue weighted by Crippen LogP contribution is -2.34. The summed E-state index contributed by atoms with van der Waals surface area (Å²) < 4.78 is 0. The van der Waals surface area contributed by atoms with E-state index in [9.17, 15) is 9.59 Å². The third kappa shape index (κ3) is 6.44. The molecule has 3 N–H and O–H groups in total. The van der Waals surface area contributed by atoms with Gasteiger partial charge in [0.15, 0.2) is 0 Å². The molecule has 0 fully saturated rings. The highest BCUT2D eigenvalue weighted by atomic mass is 35.5. The fraction of sp³-hybridized carbons (Fsp3) is 0.120. The number of hydrogen-bond acceptors (Lipinski definition) is 4. The Labute approximate surface area is 192 Å². The van der Waals surface area contributed by atoms with Gasteiger partial charge >= 0.3 is 6.03 Å². The molecule has 0 heterocycles. The van der Waals surface area contributed by atoms with E-state index < -0.39 is 11.9 Å². The number of hydrogen-bond donors (Lipinski definition) is 3. The average molecular weight is 450 g/mol. The number of benzene rings is 3. The van der Waals surface area contributed by atoms with Crippen molar-refractivity contribution in [1.82, 2.24) is 10.8 Å². The molecule has 0 saturated carbocycles. The van der Waals surface area contributed by atoms with Gasteiger partial charge in [-0.25, -0.2) is 4.79 Å². The lowest BCUT2D eigenvalue weighted by molar-refractivity contribution is 0.0642. The van der Waals surface area contributed by atoms with E-state index in [-0.39, 0.29) is 10.6 Å². The maximum Gasteiger partial charge on any atom is 0.326 e. The Bertz CT molecular complexity index is 1110. The molecule has 0 bridgehead atoms. The third-order valence-electron chi connectivity index (χ3n) is 4.53. The predicted octanol–water partition coefficient (Wildman–Crippen LogP) is 5.77. The smallest absolute Gasteiger partial charge is 0.308 e. The van der Waals surface area contributed by atoms with Crippen LogP contribution in [0.3, 0.4) is 0 Å². The molecule has 0 unspecified atom stereocenters. The predicted molar refractivity (Wildman–Crippen MR) is 127 cm³/mol. The van der Waals surface area contributed by atoms with Crippen LogP contribution >= 0.6 is 11.6 Å². The Morgan fingerprint density at radius 3 is 2.19 bits per heavy atom. The average Bonchev–Trinajstić information content (AvgIpc) is 2.78. The van der Waals surface area contributed by atoms with Crippen LogP contribution in [-0.4, -0.2) is 11.9 Å². The van der Waals surface area contributed by atoms with E-state index in [1.165, 1.54) is 0 Å². The van der Waals surface area contributed by atoms with Crippen molar-refractivity contribution in [2.75, 3.05) is 5.32 Å². The molecule has 3 aromatic rings. The van der Waals surface area contributed by atoms with Crippen molar-refractivity contribution in [3.63, 3.8) is 0 Å². The molecule has 3 aromatic carbocycles. The highest BCUT2D eigenvalue weighted by Gasteiger charge is 2.13. The molecule has 0 aromatic heterocycles. The Morgan fingerprint density at radius 1 is 0.875 bits per heavy atom. The summed E-state index contributed by atoms with van der Waals surface area (Å²) in [4.78, 5) is 29.9. The first-order valence-corrected chi connectivity index (χ1v) is 10.4. The number of imide groups is 1. The Morgan fingerprint density at radius 2 is 1.53 bits per heavy atom. The van der Waals surface area contributed by atoms with Gasteiger partial charge in [-0.15, -0.1) is 0 Å². The summed E-state index contributed by atoms with van der Waals surface area (Å²) >= 11 is 5.98. The van der Waals surface area contributed by atoms with Crippen LogP contribution in [0.15, 0.2) is 84.4 Å². The van der Waals surface area contributed by atoms with Gasteiger partial charge in [0, 0.05) is 5.69 Å². The van der Waals surface area contributed by atoms with Crippen molar-refractivity contribution in [3.8, 4) is 0 Å². The number of rotatable bonds is 7. The summed E-state index contributed by atoms with van der Waals surface area (Å²) in [5.74, 6) is -0.572. The van der Waals surface area contributed by atoms with Crippen LogP contribution in [0, 0.1) is 0 Å². The van der Waals surface area contributed by atoms with E-state index in [2.05, 4.69) is 16.1 Å². The van der Waals surface area contributed by atoms with Crippen LogP contribution in [0.1, 0.15) is 35.3 Å². The zero-order valence-corrected chi connectivity index (χ0v) is 18.6. The van der Waals surface area contributed by atoms with E-state index in [0.29, 0.717) is 12.3 Å². The monoisotopic (exact) mass is 449 g/mol. The van der Waals surface area contributed by atoms with E-state index in [1.54, 1.807) is 36.4 Å². The topological polar surface area (TPSA) is 79.5 Å². The lowest BCUT2D eigenvalue weighted by Gasteiger charge is -2.14. The summed E-state index contributed by atoms with van der Waals surface area (Å²) in [7, 11) is 0. The second-order valence-electron chi connectivity index (χ2n) is 7.22. The van der Waals surface area contributed by atoms with Crippen LogP contribution in [0.5, 0.6) is 0 Å². The second-order valence-corrected chi connectivity index (χ2v) is 7.62. The number of anilines is 1. The summed E-state index contributed by atoms with van der Waals surface area (Å²) in [5, 5.41) is 5.16. The number of urea groups is 1. The molecule has 7 heteroatoms. The van der Waals surface area contributed by atoms with Crippen LogP contribution in [0.2, 0.25) is 5.02 Å². The number of allylic oxidation sites excluding steroid dienone is 1. The Kier molecular flexibility index (Phi) is 8.02. The van der Waals surface area contributed by atoms with Crippen LogP contribution in [0.25, 0.3) is 5.70 Å². The van der Waals surface area contributed by atoms with Crippen LogP contribution in [-0.2, 0) is 11.4 Å². The number of carbonyl (C=O) groups is 2. The SMILES string of the molecule is CC(C)=C(NOCc1ccc(NC(=O)NC(=O)c2ccccc2Cl)cc1)c1ccccc1. The molecule has 0 saturated heterocycles. The quantitative estimate of drug-likeness (QED) is 0.400. The van der Waals surface area contributed by atoms with Crippen molar-refractivity contribution in [2.45, 2.75) is 20.5 Å². The first-order valence-electron chi connectivity index (χ1n) is 10.0. The largest absolute Gasteiger partial charge is 0.326 e. The van der Waals surface area contributed by atoms with Gasteiger partial charge in [-0.05, 0) is 49.2 Å². The zero-order valence-electron chi connectivity index (χ0n) is 17.8. The van der Waals surface area contributed by atoms with Crippen molar-refractivity contribution >= 4 is 34.9 Å². The summed E-state index contributed by atoms with van der Waals surface area (Å²) in [6.45, 7) is 4.36. The molecule has 0 aliphatic heterocycles. The first kappa shape index (κ1) is 23.1. The van der Waals surface area contributed by atoms with Crippen LogP contribution < -0.4 is 16.1 Å². The molecule has 0 radical (unpaired) electrons. The van der Waals surface area contributed by atoms with Gasteiger partial charge in [0.25, 0.3) is 5.91 Å². The highest BCUT2D eigenvalue weighted by molar-refractivity contribution is 6.34.